The minimum absolute atomic E-state index is 0. The van der Waals surface area contributed by atoms with Crippen LogP contribution in [0.4, 0.5) is 0 Å². The average Bonchev–Trinajstić information content (AvgIpc) is 2.12. The topological polar surface area (TPSA) is 91.7 Å². The van der Waals surface area contributed by atoms with Gasteiger partial charge in [0, 0.05) is 5.57 Å². The van der Waals surface area contributed by atoms with Crippen molar-refractivity contribution >= 4 is 34.9 Å². The number of hydrogen-bond acceptors (Lipinski definition) is 3. The van der Waals surface area contributed by atoms with Gasteiger partial charge < -0.3 is 5.11 Å². The van der Waals surface area contributed by atoms with Crippen molar-refractivity contribution in [3.8, 4) is 0 Å². The zero-order valence-electron chi connectivity index (χ0n) is 9.77. The van der Waals surface area contributed by atoms with Gasteiger partial charge in [0.1, 0.15) is 0 Å². The number of carbonyl (C=O) groups is 1. The average molecular weight is 260 g/mol. The third-order valence-corrected chi connectivity index (χ3v) is 2.43. The first kappa shape index (κ1) is 21.9. The van der Waals surface area contributed by atoms with E-state index in [4.69, 9.17) is 9.66 Å². The van der Waals surface area contributed by atoms with E-state index in [1.807, 2.05) is 6.92 Å². The third kappa shape index (κ3) is 25.7. The van der Waals surface area contributed by atoms with Gasteiger partial charge in [0.15, 0.2) is 0 Å². The van der Waals surface area contributed by atoms with E-state index >= 15 is 0 Å². The van der Waals surface area contributed by atoms with Gasteiger partial charge in [-0.15, -0.1) is 0 Å². The van der Waals surface area contributed by atoms with Crippen LogP contribution in [-0.2, 0) is 14.9 Å². The van der Waals surface area contributed by atoms with Crippen molar-refractivity contribution in [1.29, 1.82) is 0 Å². The Hall–Kier alpha value is -0.283. The fourth-order valence-corrected chi connectivity index (χ4v) is 1.28. The molecule has 0 aliphatic carbocycles. The van der Waals surface area contributed by atoms with Crippen LogP contribution >= 0.6 is 0 Å². The number of aliphatic carboxylic acids is 1. The molecule has 0 saturated heterocycles. The molecule has 17 heavy (non-hydrogen) atoms. The van der Waals surface area contributed by atoms with Crippen LogP contribution in [0.5, 0.6) is 0 Å². The third-order valence-electron chi connectivity index (χ3n) is 1.62. The standard InChI is InChI=1S/C6H14O3S.C4H6O2.Li.H/c1-2-3-4-5-6-10(7,8)9;1-3(2)4(5)6;;/h2-6H2,1H3,(H,7,8,9);1H2,2H3,(H,5,6);;. The number of carboxylic acid groups (broad SMARTS) is 1. The Morgan fingerprint density at radius 1 is 1.24 bits per heavy atom. The summed E-state index contributed by atoms with van der Waals surface area (Å²) in [5.41, 5.74) is 0.176. The molecule has 0 aromatic carbocycles. The number of unbranched alkanes of at least 4 members (excludes halogenated alkanes) is 3. The van der Waals surface area contributed by atoms with Gasteiger partial charge in [-0.25, -0.2) is 4.79 Å². The van der Waals surface area contributed by atoms with E-state index in [0.29, 0.717) is 6.42 Å². The van der Waals surface area contributed by atoms with Crippen LogP contribution < -0.4 is 0 Å². The summed E-state index contributed by atoms with van der Waals surface area (Å²) in [7, 11) is -3.70. The predicted molar refractivity (Wildman–Crippen MR) is 70.2 cm³/mol. The molecule has 7 heteroatoms. The molecule has 0 heterocycles. The molecule has 0 unspecified atom stereocenters. The summed E-state index contributed by atoms with van der Waals surface area (Å²) in [5, 5.41) is 7.89. The first-order valence-corrected chi connectivity index (χ1v) is 6.65. The van der Waals surface area contributed by atoms with Crippen molar-refractivity contribution in [2.45, 2.75) is 39.5 Å². The molecule has 0 atom stereocenters. The van der Waals surface area contributed by atoms with E-state index in [2.05, 4.69) is 6.58 Å². The second kappa shape index (κ2) is 12.2. The molecule has 0 aliphatic heterocycles. The summed E-state index contributed by atoms with van der Waals surface area (Å²) in [4.78, 5) is 9.60. The Labute approximate surface area is 115 Å². The normalized spacial score (nSPS) is 9.59. The van der Waals surface area contributed by atoms with Gasteiger partial charge in [0.25, 0.3) is 10.1 Å². The van der Waals surface area contributed by atoms with Crippen molar-refractivity contribution in [2.75, 3.05) is 5.75 Å². The molecule has 0 rings (SSSR count). The van der Waals surface area contributed by atoms with Gasteiger partial charge in [-0.2, -0.15) is 8.42 Å². The maximum absolute atomic E-state index is 10.1. The van der Waals surface area contributed by atoms with Crippen LogP contribution in [0.25, 0.3) is 0 Å². The maximum atomic E-state index is 10.1. The summed E-state index contributed by atoms with van der Waals surface area (Å²) >= 11 is 0. The van der Waals surface area contributed by atoms with Crippen LogP contribution in [0.15, 0.2) is 12.2 Å². The summed E-state index contributed by atoms with van der Waals surface area (Å²) in [6.07, 6.45) is 3.57. The first-order chi connectivity index (χ1) is 7.20. The Balaban J connectivity index is -0.000000244. The van der Waals surface area contributed by atoms with Crippen molar-refractivity contribution in [2.24, 2.45) is 0 Å². The van der Waals surface area contributed by atoms with Crippen molar-refractivity contribution in [3.63, 3.8) is 0 Å². The van der Waals surface area contributed by atoms with Crippen molar-refractivity contribution < 1.29 is 22.9 Å². The number of hydrogen-bond donors (Lipinski definition) is 2. The van der Waals surface area contributed by atoms with Gasteiger partial charge >= 0.3 is 24.8 Å². The van der Waals surface area contributed by atoms with Gasteiger partial charge in [-0.1, -0.05) is 32.8 Å². The van der Waals surface area contributed by atoms with E-state index in [0.717, 1.165) is 19.3 Å². The zero-order chi connectivity index (χ0) is 13.2. The van der Waals surface area contributed by atoms with Crippen LogP contribution in [0, 0.1) is 0 Å². The molecule has 5 nitrogen and oxygen atoms in total. The number of rotatable bonds is 6. The van der Waals surface area contributed by atoms with Crippen LogP contribution in [0.1, 0.15) is 39.5 Å². The second-order valence-corrected chi connectivity index (χ2v) is 5.00. The molecule has 0 aliphatic rings. The Kier molecular flexibility index (Phi) is 15.7. The molecule has 98 valence electrons. The summed E-state index contributed by atoms with van der Waals surface area (Å²) in [6, 6.07) is 0. The molecule has 0 bridgehead atoms. The molecular formula is C10H21LiO5S. The molecule has 0 amide bonds. The number of carboxylic acids is 1. The van der Waals surface area contributed by atoms with Crippen LogP contribution in [0.3, 0.4) is 0 Å². The van der Waals surface area contributed by atoms with E-state index in [1.54, 1.807) is 0 Å². The van der Waals surface area contributed by atoms with Crippen molar-refractivity contribution in [3.05, 3.63) is 12.2 Å². The SMILES string of the molecule is C=C(C)C(=O)O.CCCCCCS(=O)(=O)O.[LiH]. The van der Waals surface area contributed by atoms with E-state index in [9.17, 15) is 13.2 Å². The molecule has 2 N–H and O–H groups in total. The molecular weight excluding hydrogens is 239 g/mol. The fourth-order valence-electron chi connectivity index (χ4n) is 0.711. The molecule has 0 aromatic rings. The van der Waals surface area contributed by atoms with Gasteiger partial charge in [-0.05, 0) is 13.3 Å². The monoisotopic (exact) mass is 260 g/mol. The van der Waals surface area contributed by atoms with E-state index in [-0.39, 0.29) is 30.2 Å². The van der Waals surface area contributed by atoms with Crippen LogP contribution in [-0.4, -0.2) is 48.7 Å². The Morgan fingerprint density at radius 2 is 1.65 bits per heavy atom. The zero-order valence-corrected chi connectivity index (χ0v) is 10.6. The van der Waals surface area contributed by atoms with Gasteiger partial charge in [0.05, 0.1) is 5.75 Å². The Morgan fingerprint density at radius 3 is 1.88 bits per heavy atom. The predicted octanol–water partition coefficient (Wildman–Crippen LogP) is 1.45. The minimum atomic E-state index is -3.70. The van der Waals surface area contributed by atoms with Crippen LogP contribution in [0.2, 0.25) is 0 Å². The molecule has 0 radical (unpaired) electrons. The summed E-state index contributed by atoms with van der Waals surface area (Å²) in [5.74, 6) is -1.03. The fraction of sp³-hybridized carbons (Fsp3) is 0.700. The Bertz CT molecular complexity index is 299. The molecule has 0 saturated carbocycles. The molecule has 0 spiro atoms. The van der Waals surface area contributed by atoms with Gasteiger partial charge in [0.2, 0.25) is 0 Å². The van der Waals surface area contributed by atoms with E-state index < -0.39 is 16.1 Å². The molecule has 0 fully saturated rings. The summed E-state index contributed by atoms with van der Waals surface area (Å²) in [6.45, 7) is 6.65. The second-order valence-electron chi connectivity index (χ2n) is 3.43. The summed E-state index contributed by atoms with van der Waals surface area (Å²) < 4.78 is 28.6. The van der Waals surface area contributed by atoms with Gasteiger partial charge in [-0.3, -0.25) is 4.55 Å². The van der Waals surface area contributed by atoms with Crippen molar-refractivity contribution in [1.82, 2.24) is 0 Å². The quantitative estimate of drug-likeness (QED) is 0.326. The molecule has 0 aromatic heterocycles. The first-order valence-electron chi connectivity index (χ1n) is 5.04. The van der Waals surface area contributed by atoms with E-state index in [1.165, 1.54) is 6.92 Å².